The molecule has 4 rings (SSSR count). The highest BCUT2D eigenvalue weighted by Gasteiger charge is 2.36. The topological polar surface area (TPSA) is 140 Å². The molecular weight excluding hydrogens is 512 g/mol. The van der Waals surface area contributed by atoms with Gasteiger partial charge in [-0.3, -0.25) is 19.3 Å². The second-order valence-electron chi connectivity index (χ2n) is 9.27. The van der Waals surface area contributed by atoms with Gasteiger partial charge < -0.3 is 18.9 Å². The summed E-state index contributed by atoms with van der Waals surface area (Å²) >= 11 is 0. The van der Waals surface area contributed by atoms with Crippen molar-refractivity contribution in [1.82, 2.24) is 24.7 Å². The summed E-state index contributed by atoms with van der Waals surface area (Å²) in [4.78, 5) is 8.65. The molecule has 0 radical (unpaired) electrons. The smallest absolute Gasteiger partial charge is 0.243 e. The lowest BCUT2D eigenvalue weighted by Gasteiger charge is -2.26. The third-order valence-electron chi connectivity index (χ3n) is 6.19. The molecule has 1 fully saturated rings. The first-order valence-corrected chi connectivity index (χ1v) is 13.9. The summed E-state index contributed by atoms with van der Waals surface area (Å²) in [6.45, 7) is 7.61. The highest BCUT2D eigenvalue weighted by atomic mass is 32.2. The van der Waals surface area contributed by atoms with Gasteiger partial charge in [0, 0.05) is 12.8 Å². The van der Waals surface area contributed by atoms with E-state index in [1.165, 1.54) is 20.4 Å². The molecule has 12 nitrogen and oxygen atoms in total. The summed E-state index contributed by atoms with van der Waals surface area (Å²) in [5.41, 5.74) is 1.58. The number of nitrogens with one attached hydrogen (secondary N) is 1. The molecule has 1 aliphatic rings. The van der Waals surface area contributed by atoms with Gasteiger partial charge in [0.2, 0.25) is 16.0 Å². The van der Waals surface area contributed by atoms with Gasteiger partial charge in [-0.2, -0.15) is 0 Å². The van der Waals surface area contributed by atoms with Gasteiger partial charge in [-0.25, -0.2) is 8.42 Å². The zero-order valence-corrected chi connectivity index (χ0v) is 23.2. The Labute approximate surface area is 222 Å². The maximum Gasteiger partial charge on any atom is 0.243 e. The van der Waals surface area contributed by atoms with Gasteiger partial charge in [0.15, 0.2) is 5.82 Å². The van der Waals surface area contributed by atoms with Crippen LogP contribution in [-0.2, 0) is 19.5 Å². The van der Waals surface area contributed by atoms with Gasteiger partial charge in [0.1, 0.15) is 34.6 Å². The third-order valence-corrected chi connectivity index (χ3v) is 7.88. The van der Waals surface area contributed by atoms with E-state index < -0.39 is 21.4 Å². The molecule has 0 spiro atoms. The van der Waals surface area contributed by atoms with Gasteiger partial charge in [-0.1, -0.05) is 6.07 Å². The van der Waals surface area contributed by atoms with Crippen molar-refractivity contribution in [2.75, 3.05) is 25.5 Å². The first-order valence-electron chi connectivity index (χ1n) is 12.4. The number of anilines is 1. The van der Waals surface area contributed by atoms with E-state index in [9.17, 15) is 8.42 Å². The molecule has 0 unspecified atom stereocenters. The molecule has 38 heavy (non-hydrogen) atoms. The maximum absolute atomic E-state index is 13.8. The van der Waals surface area contributed by atoms with E-state index in [-0.39, 0.29) is 18.2 Å². The third kappa shape index (κ3) is 5.74. The Balaban J connectivity index is 1.78. The molecule has 1 aromatic carbocycles. The zero-order chi connectivity index (χ0) is 27.4. The quantitative estimate of drug-likeness (QED) is 0.380. The summed E-state index contributed by atoms with van der Waals surface area (Å²) < 4.78 is 54.8. The van der Waals surface area contributed by atoms with Crippen LogP contribution in [0.2, 0.25) is 0 Å². The summed E-state index contributed by atoms with van der Waals surface area (Å²) in [7, 11) is -1.04. The molecular formula is C25H34N6O6S. The Morgan fingerprint density at radius 3 is 2.34 bits per heavy atom. The van der Waals surface area contributed by atoms with Crippen molar-refractivity contribution in [3.8, 4) is 17.2 Å². The van der Waals surface area contributed by atoms with Crippen LogP contribution in [0.5, 0.6) is 11.5 Å². The van der Waals surface area contributed by atoms with Crippen LogP contribution in [0.1, 0.15) is 63.0 Å². The number of nitrogens with zero attached hydrogens (tertiary/aromatic N) is 5. The van der Waals surface area contributed by atoms with Gasteiger partial charge in [-0.05, 0) is 52.7 Å². The number of ether oxygens (including phenoxy) is 4. The molecule has 3 atom stereocenters. The lowest BCUT2D eigenvalue weighted by atomic mass is 10.2. The van der Waals surface area contributed by atoms with Gasteiger partial charge in [0.05, 0.1) is 37.9 Å². The van der Waals surface area contributed by atoms with E-state index in [0.717, 1.165) is 12.8 Å². The molecule has 13 heteroatoms. The van der Waals surface area contributed by atoms with Crippen LogP contribution in [0.3, 0.4) is 0 Å². The number of sulfonamides is 1. The van der Waals surface area contributed by atoms with E-state index in [0.29, 0.717) is 41.0 Å². The predicted octanol–water partition coefficient (Wildman–Crippen LogP) is 3.53. The normalized spacial score (nSPS) is 17.4. The van der Waals surface area contributed by atoms with Crippen LogP contribution >= 0.6 is 0 Å². The number of hydrogen-bond acceptors (Lipinski definition) is 10. The Morgan fingerprint density at radius 1 is 1.08 bits per heavy atom. The monoisotopic (exact) mass is 546 g/mol. The van der Waals surface area contributed by atoms with Crippen molar-refractivity contribution in [1.29, 1.82) is 0 Å². The number of hydrogen-bond donors (Lipinski definition) is 1. The zero-order valence-electron chi connectivity index (χ0n) is 22.4. The van der Waals surface area contributed by atoms with Crippen molar-refractivity contribution in [3.63, 3.8) is 0 Å². The molecule has 1 N–H and O–H groups in total. The molecule has 0 aliphatic carbocycles. The lowest BCUT2D eigenvalue weighted by molar-refractivity contribution is 0.00394. The van der Waals surface area contributed by atoms with Crippen LogP contribution in [-0.4, -0.2) is 65.3 Å². The highest BCUT2D eigenvalue weighted by molar-refractivity contribution is 7.93. The van der Waals surface area contributed by atoms with Gasteiger partial charge in [0.25, 0.3) is 0 Å². The van der Waals surface area contributed by atoms with E-state index >= 15 is 0 Å². The van der Waals surface area contributed by atoms with Crippen molar-refractivity contribution >= 4 is 16.0 Å². The van der Waals surface area contributed by atoms with Crippen LogP contribution < -0.4 is 14.2 Å². The number of aryl methyl sites for hydroxylation is 1. The van der Waals surface area contributed by atoms with E-state index in [2.05, 4.69) is 24.9 Å². The summed E-state index contributed by atoms with van der Waals surface area (Å²) in [6.07, 6.45) is 3.18. The molecule has 0 bridgehead atoms. The Hall–Kier alpha value is -3.29. The van der Waals surface area contributed by atoms with Crippen molar-refractivity contribution in [2.24, 2.45) is 0 Å². The first kappa shape index (κ1) is 27.7. The molecule has 0 amide bonds. The molecule has 2 aromatic heterocycles. The van der Waals surface area contributed by atoms with E-state index in [1.807, 2.05) is 13.8 Å². The Kier molecular flexibility index (Phi) is 8.48. The fraction of sp³-hybridized carbons (Fsp3) is 0.520. The van der Waals surface area contributed by atoms with Crippen molar-refractivity contribution in [3.05, 3.63) is 47.8 Å². The minimum Gasteiger partial charge on any atom is -0.494 e. The Bertz CT molecular complexity index is 1320. The van der Waals surface area contributed by atoms with Crippen LogP contribution in [0, 0.1) is 6.92 Å². The number of para-hydroxylation sites is 1. The molecule has 0 saturated carbocycles. The average Bonchev–Trinajstić information content (AvgIpc) is 3.56. The summed E-state index contributed by atoms with van der Waals surface area (Å²) in [6, 6.07) is 5.28. The summed E-state index contributed by atoms with van der Waals surface area (Å²) in [5.74, 6) is 1.32. The lowest BCUT2D eigenvalue weighted by Crippen LogP contribution is -2.34. The standard InChI is InChI=1S/C25H34N6O6S/c1-15(2)37-23(18-14-26-16(3)13-27-18)17(4)38(32,33)30-25-29-28-24(21-11-8-12-36-21)31(25)22-19(34-5)9-7-10-20(22)35-6/h7,9-10,13-15,17,21,23H,8,11-12H2,1-6H3,(H,29,30)/t17-,21-,23+/m0/s1. The molecule has 1 aliphatic heterocycles. The molecule has 206 valence electrons. The number of benzene rings is 1. The number of aromatic nitrogens is 5. The largest absolute Gasteiger partial charge is 0.494 e. The fourth-order valence-electron chi connectivity index (χ4n) is 4.27. The number of rotatable bonds is 11. The Morgan fingerprint density at radius 2 is 1.79 bits per heavy atom. The SMILES string of the molecule is COc1cccc(OC)c1-n1c(NS(=O)(=O)[C@@H](C)[C@@H](OC(C)C)c2cnc(C)cn2)nnc1[C@@H]1CCCO1. The minimum atomic E-state index is -4.08. The average molecular weight is 547 g/mol. The van der Waals surface area contributed by atoms with Crippen LogP contribution in [0.15, 0.2) is 30.6 Å². The maximum atomic E-state index is 13.8. The van der Waals surface area contributed by atoms with Gasteiger partial charge in [-0.15, -0.1) is 10.2 Å². The van der Waals surface area contributed by atoms with Crippen LogP contribution in [0.25, 0.3) is 5.69 Å². The fourth-order valence-corrected chi connectivity index (χ4v) is 5.37. The first-order chi connectivity index (χ1) is 18.2. The van der Waals surface area contributed by atoms with Crippen LogP contribution in [0.4, 0.5) is 5.95 Å². The van der Waals surface area contributed by atoms with Gasteiger partial charge >= 0.3 is 0 Å². The molecule has 1 saturated heterocycles. The van der Waals surface area contributed by atoms with E-state index in [4.69, 9.17) is 18.9 Å². The molecule has 3 aromatic rings. The second-order valence-corrected chi connectivity index (χ2v) is 11.3. The number of methoxy groups -OCH3 is 2. The minimum absolute atomic E-state index is 0.0246. The second kappa shape index (κ2) is 11.6. The summed E-state index contributed by atoms with van der Waals surface area (Å²) in [5, 5.41) is 7.49. The van der Waals surface area contributed by atoms with E-state index in [1.54, 1.807) is 42.8 Å². The highest BCUT2D eigenvalue weighted by Crippen LogP contribution is 2.39. The molecule has 3 heterocycles. The predicted molar refractivity (Wildman–Crippen MR) is 140 cm³/mol. The van der Waals surface area contributed by atoms with Crippen molar-refractivity contribution in [2.45, 2.75) is 64.1 Å². The van der Waals surface area contributed by atoms with Crippen molar-refractivity contribution < 1.29 is 27.4 Å².